The number of carbonyl (C=O) groups excluding carboxylic acids is 1. The molecule has 1 heterocycles. The number of amides is 1. The van der Waals surface area contributed by atoms with Gasteiger partial charge in [0.15, 0.2) is 18.1 Å². The Bertz CT molecular complexity index is 785. The first-order chi connectivity index (χ1) is 12.2. The van der Waals surface area contributed by atoms with Crippen LogP contribution >= 0.6 is 0 Å². The van der Waals surface area contributed by atoms with Gasteiger partial charge in [0.1, 0.15) is 0 Å². The number of rotatable bonds is 6. The molecule has 2 aromatic rings. The number of nitrogens with zero attached hydrogens (tertiary/aromatic N) is 1. The quantitative estimate of drug-likeness (QED) is 0.647. The van der Waals surface area contributed by atoms with Crippen LogP contribution < -0.4 is 14.8 Å². The van der Waals surface area contributed by atoms with Crippen LogP contribution in [0.5, 0.6) is 11.5 Å². The summed E-state index contributed by atoms with van der Waals surface area (Å²) in [4.78, 5) is 17.0. The number of oxime groups is 1. The van der Waals surface area contributed by atoms with Gasteiger partial charge in [-0.05, 0) is 49.2 Å². The van der Waals surface area contributed by atoms with Crippen LogP contribution in [0.25, 0.3) is 0 Å². The van der Waals surface area contributed by atoms with Gasteiger partial charge in [-0.25, -0.2) is 0 Å². The molecule has 0 aliphatic carbocycles. The highest BCUT2D eigenvalue weighted by atomic mass is 16.7. The minimum Gasteiger partial charge on any atom is -0.454 e. The van der Waals surface area contributed by atoms with Crippen LogP contribution in [-0.4, -0.2) is 25.0 Å². The summed E-state index contributed by atoms with van der Waals surface area (Å²) in [6.07, 6.45) is 0.963. The zero-order valence-electron chi connectivity index (χ0n) is 14.2. The first-order valence-corrected chi connectivity index (χ1v) is 8.11. The second-order valence-electron chi connectivity index (χ2n) is 5.62. The fraction of sp³-hybridized carbons (Fsp3) is 0.263. The molecule has 0 atom stereocenters. The van der Waals surface area contributed by atoms with E-state index in [0.29, 0.717) is 17.2 Å². The highest BCUT2D eigenvalue weighted by Gasteiger charge is 2.14. The maximum Gasteiger partial charge on any atom is 0.265 e. The van der Waals surface area contributed by atoms with Gasteiger partial charge in [-0.3, -0.25) is 4.79 Å². The van der Waals surface area contributed by atoms with Crippen molar-refractivity contribution in [2.24, 2.45) is 5.16 Å². The lowest BCUT2D eigenvalue weighted by Gasteiger charge is -2.06. The number of hydrogen-bond donors (Lipinski definition) is 1. The van der Waals surface area contributed by atoms with Crippen molar-refractivity contribution in [3.8, 4) is 11.5 Å². The van der Waals surface area contributed by atoms with Gasteiger partial charge in [0.25, 0.3) is 5.91 Å². The Morgan fingerprint density at radius 2 is 1.92 bits per heavy atom. The highest BCUT2D eigenvalue weighted by Crippen LogP contribution is 2.32. The van der Waals surface area contributed by atoms with Crippen LogP contribution in [0.3, 0.4) is 0 Å². The van der Waals surface area contributed by atoms with E-state index in [2.05, 4.69) is 17.4 Å². The van der Waals surface area contributed by atoms with E-state index < -0.39 is 0 Å². The fourth-order valence-electron chi connectivity index (χ4n) is 2.38. The van der Waals surface area contributed by atoms with E-state index in [9.17, 15) is 4.79 Å². The minimum absolute atomic E-state index is 0.155. The standard InChI is InChI=1S/C19H20N2O4/c1-3-14-4-7-16(8-5-14)20-19(22)11-25-21-13(2)15-6-9-17-18(10-15)24-12-23-17/h4-10H,3,11-12H2,1-2H3,(H,20,22)/b21-13+. The van der Waals surface area contributed by atoms with Gasteiger partial charge in [0.2, 0.25) is 6.79 Å². The van der Waals surface area contributed by atoms with E-state index in [4.69, 9.17) is 14.3 Å². The van der Waals surface area contributed by atoms with Crippen molar-refractivity contribution in [3.05, 3.63) is 53.6 Å². The Kier molecular flexibility index (Phi) is 5.18. The third-order valence-corrected chi connectivity index (χ3v) is 3.83. The summed E-state index contributed by atoms with van der Waals surface area (Å²) >= 11 is 0. The van der Waals surface area contributed by atoms with Crippen molar-refractivity contribution in [1.82, 2.24) is 0 Å². The zero-order chi connectivity index (χ0) is 17.6. The molecule has 0 bridgehead atoms. The van der Waals surface area contributed by atoms with E-state index in [1.54, 1.807) is 6.92 Å². The number of anilines is 1. The molecule has 1 N–H and O–H groups in total. The molecule has 25 heavy (non-hydrogen) atoms. The molecule has 6 heteroatoms. The predicted molar refractivity (Wildman–Crippen MR) is 95.2 cm³/mol. The van der Waals surface area contributed by atoms with Gasteiger partial charge in [0.05, 0.1) is 5.71 Å². The number of aryl methyl sites for hydroxylation is 1. The average Bonchev–Trinajstić information content (AvgIpc) is 3.10. The van der Waals surface area contributed by atoms with E-state index >= 15 is 0 Å². The number of nitrogens with one attached hydrogen (secondary N) is 1. The van der Waals surface area contributed by atoms with E-state index in [0.717, 1.165) is 17.7 Å². The summed E-state index contributed by atoms with van der Waals surface area (Å²) in [6.45, 7) is 3.96. The smallest absolute Gasteiger partial charge is 0.265 e. The molecular weight excluding hydrogens is 320 g/mol. The van der Waals surface area contributed by atoms with Crippen molar-refractivity contribution >= 4 is 17.3 Å². The average molecular weight is 340 g/mol. The molecule has 0 aromatic heterocycles. The summed E-state index contributed by atoms with van der Waals surface area (Å²) in [5, 5.41) is 6.76. The number of ether oxygens (including phenoxy) is 2. The number of benzene rings is 2. The maximum absolute atomic E-state index is 11.9. The Balaban J connectivity index is 1.52. The molecular formula is C19H20N2O4. The monoisotopic (exact) mass is 340 g/mol. The van der Waals surface area contributed by atoms with Crippen LogP contribution in [0.4, 0.5) is 5.69 Å². The SMILES string of the molecule is CCc1ccc(NC(=O)CO/N=C(\C)c2ccc3c(c2)OCO3)cc1. The van der Waals surface area contributed by atoms with E-state index in [1.165, 1.54) is 5.56 Å². The summed E-state index contributed by atoms with van der Waals surface area (Å²) in [7, 11) is 0. The molecule has 0 spiro atoms. The minimum atomic E-state index is -0.258. The maximum atomic E-state index is 11.9. The third kappa shape index (κ3) is 4.29. The molecule has 1 aliphatic heterocycles. The normalized spacial score (nSPS) is 12.8. The van der Waals surface area contributed by atoms with Crippen molar-refractivity contribution in [1.29, 1.82) is 0 Å². The molecule has 0 fully saturated rings. The molecule has 1 aliphatic rings. The Labute approximate surface area is 146 Å². The second kappa shape index (κ2) is 7.70. The first kappa shape index (κ1) is 16.8. The molecule has 130 valence electrons. The molecule has 2 aromatic carbocycles. The van der Waals surface area contributed by atoms with Crippen molar-refractivity contribution < 1.29 is 19.1 Å². The Morgan fingerprint density at radius 1 is 1.16 bits per heavy atom. The predicted octanol–water partition coefficient (Wildman–Crippen LogP) is 3.36. The summed E-state index contributed by atoms with van der Waals surface area (Å²) in [6, 6.07) is 13.2. The van der Waals surface area contributed by atoms with Crippen molar-refractivity contribution in [2.45, 2.75) is 20.3 Å². The lowest BCUT2D eigenvalue weighted by Crippen LogP contribution is -2.17. The van der Waals surface area contributed by atoms with Crippen LogP contribution in [0.1, 0.15) is 25.0 Å². The highest BCUT2D eigenvalue weighted by molar-refractivity contribution is 5.99. The van der Waals surface area contributed by atoms with E-state index in [-0.39, 0.29) is 19.3 Å². The van der Waals surface area contributed by atoms with Crippen LogP contribution in [0.2, 0.25) is 0 Å². The summed E-state index contributed by atoms with van der Waals surface area (Å²) in [5.74, 6) is 1.14. The van der Waals surface area contributed by atoms with Crippen molar-refractivity contribution in [2.75, 3.05) is 18.7 Å². The van der Waals surface area contributed by atoms with Crippen LogP contribution in [0.15, 0.2) is 47.6 Å². The number of carbonyl (C=O) groups is 1. The fourth-order valence-corrected chi connectivity index (χ4v) is 2.38. The molecule has 0 saturated heterocycles. The van der Waals surface area contributed by atoms with Gasteiger partial charge < -0.3 is 19.6 Å². The summed E-state index contributed by atoms with van der Waals surface area (Å²) < 4.78 is 10.6. The van der Waals surface area contributed by atoms with Gasteiger partial charge >= 0.3 is 0 Å². The van der Waals surface area contributed by atoms with E-state index in [1.807, 2.05) is 42.5 Å². The first-order valence-electron chi connectivity index (χ1n) is 8.11. The van der Waals surface area contributed by atoms with Gasteiger partial charge in [0, 0.05) is 11.3 Å². The Hall–Kier alpha value is -3.02. The molecule has 0 saturated carbocycles. The third-order valence-electron chi connectivity index (χ3n) is 3.83. The van der Waals surface area contributed by atoms with Crippen molar-refractivity contribution in [3.63, 3.8) is 0 Å². The molecule has 0 unspecified atom stereocenters. The lowest BCUT2D eigenvalue weighted by molar-refractivity contribution is -0.120. The number of fused-ring (bicyclic) bond motifs is 1. The Morgan fingerprint density at radius 3 is 2.68 bits per heavy atom. The number of hydrogen-bond acceptors (Lipinski definition) is 5. The molecule has 6 nitrogen and oxygen atoms in total. The van der Waals surface area contributed by atoms with Gasteiger partial charge in [-0.1, -0.05) is 24.2 Å². The molecule has 1 amide bonds. The van der Waals surface area contributed by atoms with Gasteiger partial charge in [-0.15, -0.1) is 0 Å². The lowest BCUT2D eigenvalue weighted by atomic mass is 10.1. The zero-order valence-corrected chi connectivity index (χ0v) is 14.2. The second-order valence-corrected chi connectivity index (χ2v) is 5.62. The van der Waals surface area contributed by atoms with Crippen LogP contribution in [-0.2, 0) is 16.1 Å². The van der Waals surface area contributed by atoms with Crippen LogP contribution in [0, 0.1) is 0 Å². The largest absolute Gasteiger partial charge is 0.454 e. The topological polar surface area (TPSA) is 69.2 Å². The molecule has 3 rings (SSSR count). The van der Waals surface area contributed by atoms with Gasteiger partial charge in [-0.2, -0.15) is 0 Å². The molecule has 0 radical (unpaired) electrons. The summed E-state index contributed by atoms with van der Waals surface area (Å²) in [5.41, 5.74) is 3.46.